The Kier molecular flexibility index (Phi) is 6.51. The summed E-state index contributed by atoms with van der Waals surface area (Å²) in [5, 5.41) is 16.7. The van der Waals surface area contributed by atoms with Crippen molar-refractivity contribution in [1.82, 2.24) is 9.97 Å². The van der Waals surface area contributed by atoms with Crippen molar-refractivity contribution in [3.05, 3.63) is 10.8 Å². The Morgan fingerprint density at radius 1 is 1.16 bits per heavy atom. The van der Waals surface area contributed by atoms with Gasteiger partial charge in [0.05, 0.1) is 5.60 Å². The second-order valence-corrected chi connectivity index (χ2v) is 5.39. The lowest BCUT2D eigenvalue weighted by Crippen LogP contribution is -2.35. The summed E-state index contributed by atoms with van der Waals surface area (Å²) in [6, 6.07) is 0. The summed E-state index contributed by atoms with van der Waals surface area (Å²) in [6.45, 7) is 7.40. The van der Waals surface area contributed by atoms with E-state index in [9.17, 15) is 5.11 Å². The Hall–Kier alpha value is -0.880. The van der Waals surface area contributed by atoms with Crippen LogP contribution in [-0.4, -0.2) is 33.8 Å². The van der Waals surface area contributed by atoms with E-state index in [4.69, 9.17) is 0 Å². The molecule has 5 nitrogen and oxygen atoms in total. The molecule has 1 aromatic heterocycles. The molecule has 108 valence electrons. The van der Waals surface area contributed by atoms with E-state index in [1.165, 1.54) is 6.33 Å². The van der Waals surface area contributed by atoms with E-state index < -0.39 is 5.60 Å². The standard InChI is InChI=1S/C13H23BrN4O/c1-4-7-15-11-10(14)12(18-9-17-11)16-8-13(19,5-2)6-3/h9,19H,4-8H2,1-3H3,(H2,15,16,17,18). The quantitative estimate of drug-likeness (QED) is 0.683. The van der Waals surface area contributed by atoms with Gasteiger partial charge < -0.3 is 15.7 Å². The van der Waals surface area contributed by atoms with Gasteiger partial charge in [0, 0.05) is 13.1 Å². The highest BCUT2D eigenvalue weighted by Gasteiger charge is 2.22. The predicted molar refractivity (Wildman–Crippen MR) is 82.5 cm³/mol. The van der Waals surface area contributed by atoms with Gasteiger partial charge in [-0.25, -0.2) is 9.97 Å². The molecule has 0 radical (unpaired) electrons. The lowest BCUT2D eigenvalue weighted by Gasteiger charge is -2.26. The molecular weight excluding hydrogens is 308 g/mol. The van der Waals surface area contributed by atoms with Crippen molar-refractivity contribution in [3.63, 3.8) is 0 Å². The van der Waals surface area contributed by atoms with Gasteiger partial charge >= 0.3 is 0 Å². The first-order valence-electron chi connectivity index (χ1n) is 6.77. The fourth-order valence-corrected chi connectivity index (χ4v) is 2.09. The van der Waals surface area contributed by atoms with Gasteiger partial charge in [0.15, 0.2) is 0 Å². The zero-order chi connectivity index (χ0) is 14.3. The Morgan fingerprint density at radius 2 is 1.74 bits per heavy atom. The van der Waals surface area contributed by atoms with Gasteiger partial charge in [-0.1, -0.05) is 20.8 Å². The van der Waals surface area contributed by atoms with Crippen molar-refractivity contribution in [2.75, 3.05) is 23.7 Å². The number of halogens is 1. The summed E-state index contributed by atoms with van der Waals surface area (Å²) < 4.78 is 0.804. The Morgan fingerprint density at radius 3 is 2.26 bits per heavy atom. The zero-order valence-electron chi connectivity index (χ0n) is 11.8. The average Bonchev–Trinajstić information content (AvgIpc) is 2.44. The molecule has 0 atom stereocenters. The molecule has 0 aliphatic rings. The Balaban J connectivity index is 2.73. The minimum atomic E-state index is -0.693. The first-order valence-corrected chi connectivity index (χ1v) is 7.56. The third-order valence-electron chi connectivity index (χ3n) is 3.23. The van der Waals surface area contributed by atoms with Crippen molar-refractivity contribution in [1.29, 1.82) is 0 Å². The lowest BCUT2D eigenvalue weighted by molar-refractivity contribution is 0.0456. The van der Waals surface area contributed by atoms with Crippen molar-refractivity contribution in [3.8, 4) is 0 Å². The molecule has 0 saturated carbocycles. The molecule has 1 rings (SSSR count). The van der Waals surface area contributed by atoms with Crippen LogP contribution in [0.3, 0.4) is 0 Å². The van der Waals surface area contributed by atoms with E-state index in [0.29, 0.717) is 25.2 Å². The summed E-state index contributed by atoms with van der Waals surface area (Å²) in [7, 11) is 0. The average molecular weight is 331 g/mol. The van der Waals surface area contributed by atoms with Gasteiger partial charge in [-0.2, -0.15) is 0 Å². The van der Waals surface area contributed by atoms with E-state index in [2.05, 4.69) is 43.5 Å². The molecule has 3 N–H and O–H groups in total. The van der Waals surface area contributed by atoms with Crippen LogP contribution in [0.2, 0.25) is 0 Å². The van der Waals surface area contributed by atoms with Gasteiger partial charge in [0.1, 0.15) is 22.4 Å². The largest absolute Gasteiger partial charge is 0.388 e. The Labute approximate surface area is 123 Å². The maximum absolute atomic E-state index is 10.3. The number of anilines is 2. The van der Waals surface area contributed by atoms with Gasteiger partial charge in [0.2, 0.25) is 0 Å². The number of nitrogens with zero attached hydrogens (tertiary/aromatic N) is 2. The second-order valence-electron chi connectivity index (χ2n) is 4.60. The predicted octanol–water partition coefficient (Wildman–Crippen LogP) is 3.02. The molecule has 6 heteroatoms. The highest BCUT2D eigenvalue weighted by molar-refractivity contribution is 9.10. The molecule has 0 bridgehead atoms. The first-order chi connectivity index (χ1) is 9.06. The molecule has 0 aliphatic heterocycles. The lowest BCUT2D eigenvalue weighted by atomic mass is 9.98. The van der Waals surface area contributed by atoms with E-state index in [0.717, 1.165) is 23.3 Å². The molecule has 0 fully saturated rings. The monoisotopic (exact) mass is 330 g/mol. The molecule has 0 aliphatic carbocycles. The molecule has 1 aromatic rings. The molecule has 0 saturated heterocycles. The number of aliphatic hydroxyl groups is 1. The number of hydrogen-bond donors (Lipinski definition) is 3. The first kappa shape index (κ1) is 16.2. The summed E-state index contributed by atoms with van der Waals surface area (Å²) in [6.07, 6.45) is 3.97. The Bertz CT molecular complexity index is 396. The molecule has 1 heterocycles. The van der Waals surface area contributed by atoms with Crippen LogP contribution in [0.25, 0.3) is 0 Å². The molecule has 0 unspecified atom stereocenters. The molecule has 0 aromatic carbocycles. The fraction of sp³-hybridized carbons (Fsp3) is 0.692. The number of rotatable bonds is 8. The van der Waals surface area contributed by atoms with Crippen LogP contribution in [0.5, 0.6) is 0 Å². The van der Waals surface area contributed by atoms with Crippen LogP contribution < -0.4 is 10.6 Å². The van der Waals surface area contributed by atoms with E-state index >= 15 is 0 Å². The normalized spacial score (nSPS) is 11.4. The van der Waals surface area contributed by atoms with Crippen LogP contribution in [0.15, 0.2) is 10.8 Å². The van der Waals surface area contributed by atoms with Crippen LogP contribution in [0.4, 0.5) is 11.6 Å². The van der Waals surface area contributed by atoms with Crippen molar-refractivity contribution >= 4 is 27.6 Å². The maximum Gasteiger partial charge on any atom is 0.146 e. The number of aromatic nitrogens is 2. The topological polar surface area (TPSA) is 70.1 Å². The second kappa shape index (κ2) is 7.65. The van der Waals surface area contributed by atoms with Crippen LogP contribution in [0, 0.1) is 0 Å². The summed E-state index contributed by atoms with van der Waals surface area (Å²) in [5.74, 6) is 1.48. The van der Waals surface area contributed by atoms with Crippen molar-refractivity contribution < 1.29 is 5.11 Å². The van der Waals surface area contributed by atoms with Gasteiger partial charge in [-0.05, 0) is 35.2 Å². The SMILES string of the molecule is CCCNc1ncnc(NCC(O)(CC)CC)c1Br. The number of hydrogen-bond acceptors (Lipinski definition) is 5. The van der Waals surface area contributed by atoms with E-state index in [-0.39, 0.29) is 0 Å². The summed E-state index contributed by atoms with van der Waals surface area (Å²) in [5.41, 5.74) is -0.693. The highest BCUT2D eigenvalue weighted by atomic mass is 79.9. The van der Waals surface area contributed by atoms with Crippen LogP contribution >= 0.6 is 15.9 Å². The number of nitrogens with one attached hydrogen (secondary N) is 2. The third-order valence-corrected chi connectivity index (χ3v) is 3.98. The highest BCUT2D eigenvalue weighted by Crippen LogP contribution is 2.27. The van der Waals surface area contributed by atoms with Crippen molar-refractivity contribution in [2.24, 2.45) is 0 Å². The van der Waals surface area contributed by atoms with Gasteiger partial charge in [0.25, 0.3) is 0 Å². The fourth-order valence-electron chi connectivity index (χ4n) is 1.61. The summed E-state index contributed by atoms with van der Waals surface area (Å²) in [4.78, 5) is 8.39. The van der Waals surface area contributed by atoms with E-state index in [1.807, 2.05) is 13.8 Å². The van der Waals surface area contributed by atoms with Crippen LogP contribution in [-0.2, 0) is 0 Å². The van der Waals surface area contributed by atoms with E-state index in [1.54, 1.807) is 0 Å². The third kappa shape index (κ3) is 4.62. The minimum absolute atomic E-state index is 0.475. The van der Waals surface area contributed by atoms with Crippen LogP contribution in [0.1, 0.15) is 40.0 Å². The van der Waals surface area contributed by atoms with Gasteiger partial charge in [-0.15, -0.1) is 0 Å². The molecular formula is C13H23BrN4O. The summed E-state index contributed by atoms with van der Waals surface area (Å²) >= 11 is 3.49. The molecule has 0 amide bonds. The van der Waals surface area contributed by atoms with Gasteiger partial charge in [-0.3, -0.25) is 0 Å². The smallest absolute Gasteiger partial charge is 0.146 e. The minimum Gasteiger partial charge on any atom is -0.388 e. The molecule has 19 heavy (non-hydrogen) atoms. The molecule has 0 spiro atoms. The maximum atomic E-state index is 10.3. The zero-order valence-corrected chi connectivity index (χ0v) is 13.4. The van der Waals surface area contributed by atoms with Crippen molar-refractivity contribution in [2.45, 2.75) is 45.6 Å².